The minimum absolute atomic E-state index is 0.414. The van der Waals surface area contributed by atoms with Crippen molar-refractivity contribution in [2.45, 2.75) is 26.7 Å². The first-order valence-electron chi connectivity index (χ1n) is 3.84. The minimum Gasteiger partial charge on any atom is -0.456 e. The molecule has 2 heteroatoms. The topological polar surface area (TPSA) is 26.3 Å². The fourth-order valence-electron chi connectivity index (χ4n) is 0.836. The molecule has 62 valence electrons. The number of hydrogen-bond acceptors (Lipinski definition) is 2. The van der Waals surface area contributed by atoms with Gasteiger partial charge in [-0.2, -0.15) is 0 Å². The molecule has 0 rings (SSSR count). The number of rotatable bonds is 4. The third-order valence-electron chi connectivity index (χ3n) is 1.40. The van der Waals surface area contributed by atoms with Gasteiger partial charge in [-0.1, -0.05) is 20.3 Å². The normalized spacial score (nSPS) is 11.7. The van der Waals surface area contributed by atoms with Crippen LogP contribution in [0.1, 0.15) is 26.7 Å². The maximum absolute atomic E-state index is 10.5. The van der Waals surface area contributed by atoms with E-state index in [4.69, 9.17) is 11.2 Å². The van der Waals surface area contributed by atoms with Crippen molar-refractivity contribution in [3.8, 4) is 12.3 Å². The second-order valence-corrected chi connectivity index (χ2v) is 2.64. The molecule has 0 saturated carbocycles. The zero-order valence-corrected chi connectivity index (χ0v) is 7.09. The Morgan fingerprint density at radius 1 is 1.73 bits per heavy atom. The standard InChI is InChI=1S/C9H14O2/c1-4-6-8(3)7-11-9(10)5-2/h2,8H,4,6-7H2,1,3H3. The molecule has 0 saturated heterocycles. The summed E-state index contributed by atoms with van der Waals surface area (Å²) in [6.45, 7) is 4.57. The van der Waals surface area contributed by atoms with Crippen LogP contribution in [0.15, 0.2) is 0 Å². The molecule has 0 aliphatic carbocycles. The third kappa shape index (κ3) is 5.47. The zero-order chi connectivity index (χ0) is 8.69. The van der Waals surface area contributed by atoms with Crippen LogP contribution >= 0.6 is 0 Å². The van der Waals surface area contributed by atoms with E-state index in [0.717, 1.165) is 12.8 Å². The van der Waals surface area contributed by atoms with Crippen molar-refractivity contribution in [2.24, 2.45) is 5.92 Å². The highest BCUT2D eigenvalue weighted by Gasteiger charge is 2.02. The van der Waals surface area contributed by atoms with E-state index in [9.17, 15) is 4.79 Å². The molecule has 0 fully saturated rings. The van der Waals surface area contributed by atoms with E-state index in [1.54, 1.807) is 0 Å². The summed E-state index contributed by atoms with van der Waals surface area (Å²) < 4.78 is 4.73. The zero-order valence-electron chi connectivity index (χ0n) is 7.09. The Hall–Kier alpha value is -0.970. The number of esters is 1. The number of carbonyl (C=O) groups is 1. The van der Waals surface area contributed by atoms with E-state index in [-0.39, 0.29) is 0 Å². The van der Waals surface area contributed by atoms with Gasteiger partial charge in [0.2, 0.25) is 0 Å². The van der Waals surface area contributed by atoms with Crippen LogP contribution in [0.3, 0.4) is 0 Å². The Labute approximate surface area is 67.9 Å². The Bertz CT molecular complexity index is 155. The van der Waals surface area contributed by atoms with Crippen LogP contribution in [0.5, 0.6) is 0 Å². The maximum Gasteiger partial charge on any atom is 0.384 e. The SMILES string of the molecule is C#CC(=O)OCC(C)CCC. The molecular weight excluding hydrogens is 140 g/mol. The van der Waals surface area contributed by atoms with E-state index in [1.165, 1.54) is 0 Å². The van der Waals surface area contributed by atoms with Gasteiger partial charge in [0.25, 0.3) is 0 Å². The molecular formula is C9H14O2. The summed E-state index contributed by atoms with van der Waals surface area (Å²) in [6, 6.07) is 0. The molecule has 0 aromatic rings. The molecule has 0 spiro atoms. The number of terminal acetylenes is 1. The summed E-state index contributed by atoms with van der Waals surface area (Å²) >= 11 is 0. The van der Waals surface area contributed by atoms with Crippen LogP contribution in [0.25, 0.3) is 0 Å². The first kappa shape index (κ1) is 10.0. The van der Waals surface area contributed by atoms with Crippen molar-refractivity contribution in [2.75, 3.05) is 6.61 Å². The average Bonchev–Trinajstić information content (AvgIpc) is 2.01. The van der Waals surface area contributed by atoms with Crippen LogP contribution < -0.4 is 0 Å². The summed E-state index contributed by atoms with van der Waals surface area (Å²) in [5.74, 6) is 1.75. The second kappa shape index (κ2) is 5.79. The highest BCUT2D eigenvalue weighted by atomic mass is 16.5. The van der Waals surface area contributed by atoms with Crippen LogP contribution in [-0.4, -0.2) is 12.6 Å². The summed E-state index contributed by atoms with van der Waals surface area (Å²) in [5.41, 5.74) is 0. The van der Waals surface area contributed by atoms with Gasteiger partial charge in [-0.25, -0.2) is 4.79 Å². The van der Waals surface area contributed by atoms with E-state index in [1.807, 2.05) is 12.8 Å². The van der Waals surface area contributed by atoms with Gasteiger partial charge in [-0.05, 0) is 12.3 Å². The molecule has 1 atom stereocenters. The largest absolute Gasteiger partial charge is 0.456 e. The lowest BCUT2D eigenvalue weighted by atomic mass is 10.1. The lowest BCUT2D eigenvalue weighted by molar-refractivity contribution is -0.137. The first-order chi connectivity index (χ1) is 5.20. The lowest BCUT2D eigenvalue weighted by Gasteiger charge is -2.07. The Morgan fingerprint density at radius 3 is 2.82 bits per heavy atom. The fraction of sp³-hybridized carbons (Fsp3) is 0.667. The quantitative estimate of drug-likeness (QED) is 0.349. The van der Waals surface area contributed by atoms with Gasteiger partial charge in [0.05, 0.1) is 6.61 Å². The molecule has 0 aromatic carbocycles. The van der Waals surface area contributed by atoms with E-state index < -0.39 is 5.97 Å². The summed E-state index contributed by atoms with van der Waals surface area (Å²) in [7, 11) is 0. The van der Waals surface area contributed by atoms with E-state index in [2.05, 4.69) is 6.92 Å². The molecule has 0 aromatic heterocycles. The smallest absolute Gasteiger partial charge is 0.384 e. The highest BCUT2D eigenvalue weighted by Crippen LogP contribution is 2.04. The minimum atomic E-state index is -0.562. The van der Waals surface area contributed by atoms with Crippen molar-refractivity contribution in [1.29, 1.82) is 0 Å². The lowest BCUT2D eigenvalue weighted by Crippen LogP contribution is -2.09. The number of ether oxygens (including phenoxy) is 1. The second-order valence-electron chi connectivity index (χ2n) is 2.64. The van der Waals surface area contributed by atoms with Crippen LogP contribution in [0, 0.1) is 18.3 Å². The molecule has 0 aliphatic heterocycles. The highest BCUT2D eigenvalue weighted by molar-refractivity contribution is 5.87. The molecule has 0 amide bonds. The molecule has 0 aliphatic rings. The van der Waals surface area contributed by atoms with Gasteiger partial charge in [0, 0.05) is 5.92 Å². The van der Waals surface area contributed by atoms with Gasteiger partial charge in [0.15, 0.2) is 0 Å². The Morgan fingerprint density at radius 2 is 2.36 bits per heavy atom. The predicted molar refractivity (Wildman–Crippen MR) is 43.9 cm³/mol. The Balaban J connectivity index is 3.39. The Kier molecular flexibility index (Phi) is 5.28. The van der Waals surface area contributed by atoms with Gasteiger partial charge >= 0.3 is 5.97 Å². The van der Waals surface area contributed by atoms with Gasteiger partial charge < -0.3 is 4.74 Å². The van der Waals surface area contributed by atoms with Crippen molar-refractivity contribution in [3.63, 3.8) is 0 Å². The summed E-state index contributed by atoms with van der Waals surface area (Å²) in [5, 5.41) is 0. The van der Waals surface area contributed by atoms with Crippen molar-refractivity contribution >= 4 is 5.97 Å². The first-order valence-corrected chi connectivity index (χ1v) is 3.84. The fourth-order valence-corrected chi connectivity index (χ4v) is 0.836. The van der Waals surface area contributed by atoms with Gasteiger partial charge in [0.1, 0.15) is 0 Å². The predicted octanol–water partition coefficient (Wildman–Crippen LogP) is 1.60. The van der Waals surface area contributed by atoms with Crippen LogP contribution in [0.4, 0.5) is 0 Å². The van der Waals surface area contributed by atoms with Crippen LogP contribution in [-0.2, 0) is 9.53 Å². The summed E-state index contributed by atoms with van der Waals surface area (Å²) in [4.78, 5) is 10.5. The monoisotopic (exact) mass is 154 g/mol. The van der Waals surface area contributed by atoms with Gasteiger partial charge in [-0.15, -0.1) is 6.42 Å². The van der Waals surface area contributed by atoms with Gasteiger partial charge in [-0.3, -0.25) is 0 Å². The average molecular weight is 154 g/mol. The molecule has 11 heavy (non-hydrogen) atoms. The van der Waals surface area contributed by atoms with Crippen LogP contribution in [0.2, 0.25) is 0 Å². The molecule has 2 nitrogen and oxygen atoms in total. The third-order valence-corrected chi connectivity index (χ3v) is 1.40. The molecule has 0 N–H and O–H groups in total. The molecule has 1 unspecified atom stereocenters. The summed E-state index contributed by atoms with van der Waals surface area (Å²) in [6.07, 6.45) is 6.98. The van der Waals surface area contributed by atoms with E-state index in [0.29, 0.717) is 12.5 Å². The molecule has 0 heterocycles. The van der Waals surface area contributed by atoms with E-state index >= 15 is 0 Å². The number of carbonyl (C=O) groups excluding carboxylic acids is 1. The van der Waals surface area contributed by atoms with Crippen molar-refractivity contribution in [3.05, 3.63) is 0 Å². The maximum atomic E-state index is 10.5. The molecule has 0 radical (unpaired) electrons. The van der Waals surface area contributed by atoms with Crippen molar-refractivity contribution < 1.29 is 9.53 Å². The van der Waals surface area contributed by atoms with Crippen molar-refractivity contribution in [1.82, 2.24) is 0 Å². The number of hydrogen-bond donors (Lipinski definition) is 0. The molecule has 0 bridgehead atoms.